The van der Waals surface area contributed by atoms with Crippen LogP contribution in [-0.4, -0.2) is 31.1 Å². The van der Waals surface area contributed by atoms with Crippen LogP contribution in [0.15, 0.2) is 36.5 Å². The molecule has 1 fully saturated rings. The topological polar surface area (TPSA) is 54.5 Å². The number of nitrogens with zero attached hydrogens (tertiary/aromatic N) is 2. The minimum absolute atomic E-state index is 0.256. The molecule has 0 radical (unpaired) electrons. The summed E-state index contributed by atoms with van der Waals surface area (Å²) in [7, 11) is 1.55. The van der Waals surface area contributed by atoms with Gasteiger partial charge in [-0.1, -0.05) is 18.5 Å². The van der Waals surface area contributed by atoms with E-state index in [1.807, 2.05) is 12.1 Å². The summed E-state index contributed by atoms with van der Waals surface area (Å²) >= 11 is 6.10. The first-order chi connectivity index (χ1) is 12.1. The van der Waals surface area contributed by atoms with Gasteiger partial charge in [-0.05, 0) is 49.1 Å². The molecule has 1 aromatic heterocycles. The normalized spacial score (nSPS) is 17.2. The third-order valence-electron chi connectivity index (χ3n) is 4.41. The molecule has 25 heavy (non-hydrogen) atoms. The molecule has 6 heteroatoms. The van der Waals surface area contributed by atoms with Gasteiger partial charge < -0.3 is 15.0 Å². The molecule has 132 valence electrons. The number of piperidine rings is 1. The molecule has 0 bridgehead atoms. The molecule has 0 aliphatic carbocycles. The fraction of sp³-hybridized carbons (Fsp3) is 0.368. The summed E-state index contributed by atoms with van der Waals surface area (Å²) in [4.78, 5) is 19.0. The minimum Gasteiger partial charge on any atom is -0.495 e. The van der Waals surface area contributed by atoms with Gasteiger partial charge in [0, 0.05) is 30.7 Å². The molecule has 1 atom stereocenters. The number of methoxy groups -OCH3 is 1. The molecule has 1 N–H and O–H groups in total. The third kappa shape index (κ3) is 4.23. The number of ether oxygens (including phenoxy) is 1. The van der Waals surface area contributed by atoms with Crippen LogP contribution in [0.3, 0.4) is 0 Å². The number of amides is 1. The zero-order valence-corrected chi connectivity index (χ0v) is 15.2. The van der Waals surface area contributed by atoms with Gasteiger partial charge in [-0.2, -0.15) is 0 Å². The number of benzene rings is 1. The van der Waals surface area contributed by atoms with E-state index < -0.39 is 0 Å². The van der Waals surface area contributed by atoms with Crippen LogP contribution >= 0.6 is 11.6 Å². The molecule has 5 nitrogen and oxygen atoms in total. The average molecular weight is 360 g/mol. The van der Waals surface area contributed by atoms with E-state index in [1.165, 1.54) is 12.8 Å². The molecular formula is C19H22ClN3O2. The van der Waals surface area contributed by atoms with Crippen molar-refractivity contribution in [1.82, 2.24) is 4.98 Å². The van der Waals surface area contributed by atoms with Gasteiger partial charge in [-0.15, -0.1) is 0 Å². The standard InChI is InChI=1S/C19H22ClN3O2/c1-13-4-3-9-23(12-13)15-7-8-21-17(11-15)19(24)22-14-5-6-18(25-2)16(20)10-14/h5-8,10-11,13H,3-4,9,12H2,1-2H3,(H,22,24). The van der Waals surface area contributed by atoms with Gasteiger partial charge in [0.15, 0.2) is 0 Å². The Morgan fingerprint density at radius 1 is 1.36 bits per heavy atom. The van der Waals surface area contributed by atoms with Crippen molar-refractivity contribution in [1.29, 1.82) is 0 Å². The zero-order chi connectivity index (χ0) is 17.8. The molecule has 2 aromatic rings. The van der Waals surface area contributed by atoms with Gasteiger partial charge in [0.2, 0.25) is 0 Å². The number of hydrogen-bond donors (Lipinski definition) is 1. The number of nitrogens with one attached hydrogen (secondary N) is 1. The second-order valence-corrected chi connectivity index (χ2v) is 6.80. The van der Waals surface area contributed by atoms with Crippen molar-refractivity contribution in [3.63, 3.8) is 0 Å². The van der Waals surface area contributed by atoms with E-state index in [4.69, 9.17) is 16.3 Å². The number of hydrogen-bond acceptors (Lipinski definition) is 4. The highest BCUT2D eigenvalue weighted by atomic mass is 35.5. The second-order valence-electron chi connectivity index (χ2n) is 6.40. The maximum absolute atomic E-state index is 12.5. The highest BCUT2D eigenvalue weighted by Crippen LogP contribution is 2.28. The van der Waals surface area contributed by atoms with Crippen molar-refractivity contribution in [2.75, 3.05) is 30.4 Å². The Bertz CT molecular complexity index is 766. The van der Waals surface area contributed by atoms with Crippen molar-refractivity contribution < 1.29 is 9.53 Å². The van der Waals surface area contributed by atoms with Gasteiger partial charge in [0.25, 0.3) is 5.91 Å². The first-order valence-corrected chi connectivity index (χ1v) is 8.80. The molecule has 1 saturated heterocycles. The summed E-state index contributed by atoms with van der Waals surface area (Å²) in [5, 5.41) is 3.28. The lowest BCUT2D eigenvalue weighted by Crippen LogP contribution is -2.34. The lowest BCUT2D eigenvalue weighted by molar-refractivity contribution is 0.102. The van der Waals surface area contributed by atoms with Crippen molar-refractivity contribution >= 4 is 28.9 Å². The predicted molar refractivity (Wildman–Crippen MR) is 101 cm³/mol. The third-order valence-corrected chi connectivity index (χ3v) is 4.70. The maximum atomic E-state index is 12.5. The van der Waals surface area contributed by atoms with Gasteiger partial charge >= 0.3 is 0 Å². The first kappa shape index (κ1) is 17.5. The van der Waals surface area contributed by atoms with Crippen LogP contribution in [0.2, 0.25) is 5.02 Å². The maximum Gasteiger partial charge on any atom is 0.274 e. The molecule has 1 aromatic carbocycles. The Balaban J connectivity index is 1.74. The highest BCUT2D eigenvalue weighted by molar-refractivity contribution is 6.32. The summed E-state index contributed by atoms with van der Waals surface area (Å²) in [6.45, 7) is 4.29. The first-order valence-electron chi connectivity index (χ1n) is 8.42. The monoisotopic (exact) mass is 359 g/mol. The predicted octanol–water partition coefficient (Wildman–Crippen LogP) is 4.23. The summed E-state index contributed by atoms with van der Waals surface area (Å²) < 4.78 is 5.12. The van der Waals surface area contributed by atoms with Crippen LogP contribution in [-0.2, 0) is 0 Å². The van der Waals surface area contributed by atoms with E-state index in [2.05, 4.69) is 22.1 Å². The van der Waals surface area contributed by atoms with E-state index in [0.717, 1.165) is 18.8 Å². The summed E-state index contributed by atoms with van der Waals surface area (Å²) in [6, 6.07) is 8.93. The molecule has 1 aliphatic heterocycles. The van der Waals surface area contributed by atoms with Gasteiger partial charge in [-0.3, -0.25) is 9.78 Å². The molecule has 0 saturated carbocycles. The number of anilines is 2. The lowest BCUT2D eigenvalue weighted by Gasteiger charge is -2.32. The van der Waals surface area contributed by atoms with E-state index >= 15 is 0 Å². The SMILES string of the molecule is COc1ccc(NC(=O)c2cc(N3CCCC(C)C3)ccn2)cc1Cl. The van der Waals surface area contributed by atoms with Crippen LogP contribution < -0.4 is 15.0 Å². The van der Waals surface area contributed by atoms with Crippen LogP contribution in [0.5, 0.6) is 5.75 Å². The molecule has 1 amide bonds. The lowest BCUT2D eigenvalue weighted by atomic mass is 10.00. The summed E-state index contributed by atoms with van der Waals surface area (Å²) in [6.07, 6.45) is 4.12. The largest absolute Gasteiger partial charge is 0.495 e. The number of rotatable bonds is 4. The average Bonchev–Trinajstić information content (AvgIpc) is 2.62. The Morgan fingerprint density at radius 3 is 2.92 bits per heavy atom. The number of pyridine rings is 1. The minimum atomic E-state index is -0.256. The van der Waals surface area contributed by atoms with E-state index in [1.54, 1.807) is 31.5 Å². The zero-order valence-electron chi connectivity index (χ0n) is 14.5. The van der Waals surface area contributed by atoms with Gasteiger partial charge in [0.1, 0.15) is 11.4 Å². The number of aromatic nitrogens is 1. The quantitative estimate of drug-likeness (QED) is 0.887. The molecule has 1 unspecified atom stereocenters. The molecule has 2 heterocycles. The summed E-state index contributed by atoms with van der Waals surface area (Å²) in [5.41, 5.74) is 2.04. The number of carbonyl (C=O) groups excluding carboxylic acids is 1. The van der Waals surface area contributed by atoms with Gasteiger partial charge in [-0.25, -0.2) is 0 Å². The smallest absolute Gasteiger partial charge is 0.274 e. The summed E-state index contributed by atoms with van der Waals surface area (Å²) in [5.74, 6) is 0.979. The van der Waals surface area contributed by atoms with Crippen molar-refractivity contribution in [2.45, 2.75) is 19.8 Å². The fourth-order valence-corrected chi connectivity index (χ4v) is 3.36. The molecular weight excluding hydrogens is 338 g/mol. The Hall–Kier alpha value is -2.27. The Morgan fingerprint density at radius 2 is 2.20 bits per heavy atom. The van der Waals surface area contributed by atoms with Crippen LogP contribution in [0.25, 0.3) is 0 Å². The van der Waals surface area contributed by atoms with Crippen LogP contribution in [0.1, 0.15) is 30.3 Å². The van der Waals surface area contributed by atoms with Crippen molar-refractivity contribution in [3.8, 4) is 5.75 Å². The number of carbonyl (C=O) groups is 1. The Kier molecular flexibility index (Phi) is 5.43. The van der Waals surface area contributed by atoms with E-state index in [-0.39, 0.29) is 5.91 Å². The fourth-order valence-electron chi connectivity index (χ4n) is 3.10. The molecule has 0 spiro atoms. The number of halogens is 1. The van der Waals surface area contributed by atoms with Gasteiger partial charge in [0.05, 0.1) is 12.1 Å². The van der Waals surface area contributed by atoms with Crippen molar-refractivity contribution in [2.24, 2.45) is 5.92 Å². The van der Waals surface area contributed by atoms with Crippen molar-refractivity contribution in [3.05, 3.63) is 47.2 Å². The van der Waals surface area contributed by atoms with Crippen LogP contribution in [0.4, 0.5) is 11.4 Å². The van der Waals surface area contributed by atoms with E-state index in [0.29, 0.717) is 28.1 Å². The highest BCUT2D eigenvalue weighted by Gasteiger charge is 2.18. The Labute approximate surface area is 153 Å². The molecule has 3 rings (SSSR count). The molecule has 1 aliphatic rings. The second kappa shape index (κ2) is 7.74. The van der Waals surface area contributed by atoms with E-state index in [9.17, 15) is 4.79 Å². The van der Waals surface area contributed by atoms with Crippen LogP contribution in [0, 0.1) is 5.92 Å².